The summed E-state index contributed by atoms with van der Waals surface area (Å²) in [4.78, 5) is 19.6. The molecule has 2 aromatic rings. The van der Waals surface area contributed by atoms with E-state index >= 15 is 0 Å². The topological polar surface area (TPSA) is 64.1 Å². The normalized spacial score (nSPS) is 9.71. The molecule has 0 saturated carbocycles. The number of hydrogen-bond acceptors (Lipinski definition) is 4. The van der Waals surface area contributed by atoms with Crippen LogP contribution in [0.15, 0.2) is 42.9 Å². The van der Waals surface area contributed by atoms with Gasteiger partial charge in [-0.1, -0.05) is 0 Å². The van der Waals surface area contributed by atoms with Crippen molar-refractivity contribution < 1.29 is 9.53 Å². The predicted molar refractivity (Wildman–Crippen MR) is 63.0 cm³/mol. The third kappa shape index (κ3) is 2.78. The number of hydrogen-bond donors (Lipinski definition) is 1. The Morgan fingerprint density at radius 3 is 2.76 bits per heavy atom. The zero-order valence-electron chi connectivity index (χ0n) is 9.25. The van der Waals surface area contributed by atoms with Crippen molar-refractivity contribution in [2.24, 2.45) is 0 Å². The number of nitrogens with zero attached hydrogens (tertiary/aromatic N) is 2. The summed E-state index contributed by atoms with van der Waals surface area (Å²) in [7, 11) is 1.54. The van der Waals surface area contributed by atoms with Crippen molar-refractivity contribution in [3.63, 3.8) is 0 Å². The number of pyridine rings is 2. The van der Waals surface area contributed by atoms with Gasteiger partial charge in [-0.05, 0) is 18.2 Å². The maximum Gasteiger partial charge on any atom is 0.257 e. The van der Waals surface area contributed by atoms with E-state index in [2.05, 4.69) is 15.3 Å². The van der Waals surface area contributed by atoms with Crippen LogP contribution in [-0.2, 0) is 0 Å². The highest BCUT2D eigenvalue weighted by molar-refractivity contribution is 6.03. The van der Waals surface area contributed by atoms with Gasteiger partial charge in [-0.15, -0.1) is 0 Å². The van der Waals surface area contributed by atoms with Gasteiger partial charge in [0.25, 0.3) is 5.91 Å². The number of aromatic nitrogens is 2. The standard InChI is InChI=1S/C12H11N3O2/c1-17-11-5-4-10(8-14-11)15-12(16)9-3-2-6-13-7-9/h2-8H,1H3,(H,15,16). The highest BCUT2D eigenvalue weighted by Crippen LogP contribution is 2.11. The van der Waals surface area contributed by atoms with Crippen molar-refractivity contribution in [1.29, 1.82) is 0 Å². The van der Waals surface area contributed by atoms with E-state index in [0.29, 0.717) is 17.1 Å². The fraction of sp³-hybridized carbons (Fsp3) is 0.0833. The van der Waals surface area contributed by atoms with Gasteiger partial charge >= 0.3 is 0 Å². The van der Waals surface area contributed by atoms with Crippen LogP contribution in [0.5, 0.6) is 5.88 Å². The van der Waals surface area contributed by atoms with Crippen LogP contribution in [0.3, 0.4) is 0 Å². The summed E-state index contributed by atoms with van der Waals surface area (Å²) >= 11 is 0. The lowest BCUT2D eigenvalue weighted by atomic mass is 10.2. The van der Waals surface area contributed by atoms with Crippen LogP contribution in [0.2, 0.25) is 0 Å². The Morgan fingerprint density at radius 2 is 2.18 bits per heavy atom. The highest BCUT2D eigenvalue weighted by Gasteiger charge is 2.05. The van der Waals surface area contributed by atoms with Crippen LogP contribution < -0.4 is 10.1 Å². The Bertz CT molecular complexity index is 497. The van der Waals surface area contributed by atoms with Crippen molar-refractivity contribution in [2.75, 3.05) is 12.4 Å². The second-order valence-corrected chi connectivity index (χ2v) is 3.29. The number of carbonyl (C=O) groups is 1. The number of amides is 1. The third-order valence-electron chi connectivity index (χ3n) is 2.13. The molecule has 1 amide bonds. The number of nitrogens with one attached hydrogen (secondary N) is 1. The Balaban J connectivity index is 2.08. The lowest BCUT2D eigenvalue weighted by molar-refractivity contribution is 0.102. The molecule has 0 aliphatic heterocycles. The number of carbonyl (C=O) groups excluding carboxylic acids is 1. The van der Waals surface area contributed by atoms with Crippen molar-refractivity contribution in [3.8, 4) is 5.88 Å². The van der Waals surface area contributed by atoms with E-state index in [4.69, 9.17) is 4.74 Å². The smallest absolute Gasteiger partial charge is 0.257 e. The molecule has 0 spiro atoms. The largest absolute Gasteiger partial charge is 0.481 e. The summed E-state index contributed by atoms with van der Waals surface area (Å²) < 4.78 is 4.92. The van der Waals surface area contributed by atoms with E-state index in [1.165, 1.54) is 19.5 Å². The lowest BCUT2D eigenvalue weighted by Crippen LogP contribution is -2.12. The third-order valence-corrected chi connectivity index (χ3v) is 2.13. The fourth-order valence-corrected chi connectivity index (χ4v) is 1.28. The molecule has 86 valence electrons. The summed E-state index contributed by atoms with van der Waals surface area (Å²) in [6.07, 6.45) is 4.66. The maximum absolute atomic E-state index is 11.8. The Hall–Kier alpha value is -2.43. The van der Waals surface area contributed by atoms with Crippen LogP contribution in [0.4, 0.5) is 5.69 Å². The number of anilines is 1. The first kappa shape index (κ1) is 11.1. The van der Waals surface area contributed by atoms with E-state index in [1.54, 1.807) is 30.5 Å². The van der Waals surface area contributed by atoms with Gasteiger partial charge in [-0.3, -0.25) is 9.78 Å². The number of ether oxygens (including phenoxy) is 1. The van der Waals surface area contributed by atoms with Gasteiger partial charge in [0, 0.05) is 18.5 Å². The molecule has 0 aliphatic carbocycles. The summed E-state index contributed by atoms with van der Waals surface area (Å²) in [5.74, 6) is 0.287. The van der Waals surface area contributed by atoms with Gasteiger partial charge in [0.2, 0.25) is 5.88 Å². The molecule has 0 atom stereocenters. The van der Waals surface area contributed by atoms with E-state index in [0.717, 1.165) is 0 Å². The quantitative estimate of drug-likeness (QED) is 0.870. The Morgan fingerprint density at radius 1 is 1.29 bits per heavy atom. The van der Waals surface area contributed by atoms with Crippen LogP contribution in [0, 0.1) is 0 Å². The van der Waals surface area contributed by atoms with Gasteiger partial charge in [0.05, 0.1) is 24.6 Å². The van der Waals surface area contributed by atoms with E-state index in [1.807, 2.05) is 0 Å². The molecule has 0 bridgehead atoms. The first-order valence-electron chi connectivity index (χ1n) is 5.01. The molecule has 0 fully saturated rings. The minimum atomic E-state index is -0.218. The Labute approximate surface area is 98.5 Å². The Kier molecular flexibility index (Phi) is 3.30. The summed E-state index contributed by atoms with van der Waals surface area (Å²) in [6.45, 7) is 0. The number of rotatable bonds is 3. The molecule has 0 saturated heterocycles. The zero-order chi connectivity index (χ0) is 12.1. The molecular weight excluding hydrogens is 218 g/mol. The summed E-state index contributed by atoms with van der Waals surface area (Å²) in [5, 5.41) is 2.71. The second kappa shape index (κ2) is 5.07. The number of methoxy groups -OCH3 is 1. The molecule has 0 aliphatic rings. The van der Waals surface area contributed by atoms with Crippen LogP contribution in [0.1, 0.15) is 10.4 Å². The lowest BCUT2D eigenvalue weighted by Gasteiger charge is -2.05. The van der Waals surface area contributed by atoms with E-state index in [9.17, 15) is 4.79 Å². The molecule has 0 radical (unpaired) electrons. The average Bonchev–Trinajstić information content (AvgIpc) is 2.40. The minimum absolute atomic E-state index is 0.218. The highest BCUT2D eigenvalue weighted by atomic mass is 16.5. The van der Waals surface area contributed by atoms with Gasteiger partial charge in [-0.2, -0.15) is 0 Å². The van der Waals surface area contributed by atoms with Crippen LogP contribution in [0.25, 0.3) is 0 Å². The summed E-state index contributed by atoms with van der Waals surface area (Å²) in [5.41, 5.74) is 1.11. The van der Waals surface area contributed by atoms with Crippen molar-refractivity contribution >= 4 is 11.6 Å². The monoisotopic (exact) mass is 229 g/mol. The van der Waals surface area contributed by atoms with Crippen molar-refractivity contribution in [1.82, 2.24) is 9.97 Å². The average molecular weight is 229 g/mol. The van der Waals surface area contributed by atoms with Crippen molar-refractivity contribution in [2.45, 2.75) is 0 Å². The predicted octanol–water partition coefficient (Wildman–Crippen LogP) is 1.74. The zero-order valence-corrected chi connectivity index (χ0v) is 9.25. The molecule has 2 rings (SSSR count). The molecule has 0 unspecified atom stereocenters. The fourth-order valence-electron chi connectivity index (χ4n) is 1.28. The van der Waals surface area contributed by atoms with Gasteiger partial charge < -0.3 is 10.1 Å². The molecular formula is C12H11N3O2. The van der Waals surface area contributed by atoms with Gasteiger partial charge in [-0.25, -0.2) is 4.98 Å². The summed E-state index contributed by atoms with van der Waals surface area (Å²) in [6, 6.07) is 6.80. The van der Waals surface area contributed by atoms with Gasteiger partial charge in [0.1, 0.15) is 0 Å². The maximum atomic E-state index is 11.8. The van der Waals surface area contributed by atoms with Crippen LogP contribution in [-0.4, -0.2) is 23.0 Å². The SMILES string of the molecule is COc1ccc(NC(=O)c2cccnc2)cn1. The molecule has 2 heterocycles. The van der Waals surface area contributed by atoms with Gasteiger partial charge in [0.15, 0.2) is 0 Å². The van der Waals surface area contributed by atoms with E-state index in [-0.39, 0.29) is 5.91 Å². The first-order chi connectivity index (χ1) is 8.29. The molecule has 17 heavy (non-hydrogen) atoms. The van der Waals surface area contributed by atoms with E-state index < -0.39 is 0 Å². The molecule has 0 aromatic carbocycles. The molecule has 5 heteroatoms. The van der Waals surface area contributed by atoms with Crippen LogP contribution >= 0.6 is 0 Å². The second-order valence-electron chi connectivity index (χ2n) is 3.29. The minimum Gasteiger partial charge on any atom is -0.481 e. The molecule has 1 N–H and O–H groups in total. The van der Waals surface area contributed by atoms with Crippen molar-refractivity contribution in [3.05, 3.63) is 48.4 Å². The molecule has 5 nitrogen and oxygen atoms in total. The first-order valence-corrected chi connectivity index (χ1v) is 5.01. The molecule has 2 aromatic heterocycles.